The van der Waals surface area contributed by atoms with Crippen molar-refractivity contribution in [2.24, 2.45) is 0 Å². The lowest BCUT2D eigenvalue weighted by atomic mass is 10.1. The highest BCUT2D eigenvalue weighted by Gasteiger charge is 2.23. The second kappa shape index (κ2) is 12.3. The molecule has 0 atom stereocenters. The summed E-state index contributed by atoms with van der Waals surface area (Å²) < 4.78 is 20.9. The summed E-state index contributed by atoms with van der Waals surface area (Å²) >= 11 is 10.2. The number of imidazole rings is 1. The van der Waals surface area contributed by atoms with Crippen LogP contribution in [-0.2, 0) is 0 Å². The summed E-state index contributed by atoms with van der Waals surface area (Å²) in [5.41, 5.74) is 5.09. The van der Waals surface area contributed by atoms with Gasteiger partial charge in [0.05, 0.1) is 50.4 Å². The molecule has 0 N–H and O–H groups in total. The van der Waals surface area contributed by atoms with Crippen molar-refractivity contribution in [3.63, 3.8) is 0 Å². The van der Waals surface area contributed by atoms with Crippen LogP contribution in [0.5, 0.6) is 17.2 Å². The number of ether oxygens (including phenoxy) is 3. The van der Waals surface area contributed by atoms with Crippen molar-refractivity contribution in [2.75, 3.05) is 26.2 Å². The molecule has 0 fully saturated rings. The first kappa shape index (κ1) is 28.4. The Hall–Kier alpha value is -3.71. The van der Waals surface area contributed by atoms with Crippen LogP contribution in [0.15, 0.2) is 93.0 Å². The Labute approximate surface area is 267 Å². The van der Waals surface area contributed by atoms with Gasteiger partial charge in [0.1, 0.15) is 17.2 Å². The van der Waals surface area contributed by atoms with E-state index in [0.29, 0.717) is 5.75 Å². The third-order valence-electron chi connectivity index (χ3n) is 6.45. The lowest BCUT2D eigenvalue weighted by Gasteiger charge is -2.21. The van der Waals surface area contributed by atoms with Gasteiger partial charge in [-0.2, -0.15) is 0 Å². The smallest absolute Gasteiger partial charge is 0.196 e. The zero-order valence-corrected chi connectivity index (χ0v) is 27.4. The summed E-state index contributed by atoms with van der Waals surface area (Å²) in [6.07, 6.45) is 5.36. The number of thiazole rings is 2. The van der Waals surface area contributed by atoms with E-state index in [1.54, 1.807) is 33.9 Å². The summed E-state index contributed by atoms with van der Waals surface area (Å²) in [4.78, 5) is 16.3. The van der Waals surface area contributed by atoms with Crippen molar-refractivity contribution in [1.29, 1.82) is 0 Å². The molecule has 0 radical (unpaired) electrons. The molecule has 0 saturated heterocycles. The van der Waals surface area contributed by atoms with Gasteiger partial charge in [0.25, 0.3) is 0 Å². The molecular formula is C30H23Br2N5O3S2. The molecule has 3 aromatic carbocycles. The van der Waals surface area contributed by atoms with Crippen LogP contribution >= 0.6 is 54.5 Å². The molecule has 0 saturated carbocycles. The maximum Gasteiger partial charge on any atom is 0.196 e. The average molecular weight is 725 g/mol. The number of halogens is 2. The van der Waals surface area contributed by atoms with Gasteiger partial charge in [-0.1, -0.05) is 31.9 Å². The first-order valence-electron chi connectivity index (χ1n) is 12.5. The number of nitrogens with zero attached hydrogens (tertiary/aromatic N) is 5. The first-order valence-corrected chi connectivity index (χ1v) is 15.9. The molecule has 6 rings (SSSR count). The van der Waals surface area contributed by atoms with Crippen LogP contribution in [0.3, 0.4) is 0 Å². The zero-order valence-electron chi connectivity index (χ0n) is 22.6. The van der Waals surface area contributed by atoms with Gasteiger partial charge in [0, 0.05) is 49.3 Å². The van der Waals surface area contributed by atoms with Crippen LogP contribution in [0.2, 0.25) is 0 Å². The second-order valence-electron chi connectivity index (χ2n) is 8.88. The molecule has 3 aromatic heterocycles. The molecule has 6 aromatic rings. The maximum atomic E-state index is 5.81. The summed E-state index contributed by atoms with van der Waals surface area (Å²) in [7, 11) is 4.98. The third-order valence-corrected chi connectivity index (χ3v) is 9.08. The van der Waals surface area contributed by atoms with E-state index < -0.39 is 0 Å². The minimum Gasteiger partial charge on any atom is -0.496 e. The fourth-order valence-corrected chi connectivity index (χ4v) is 6.94. The van der Waals surface area contributed by atoms with E-state index in [9.17, 15) is 0 Å². The van der Waals surface area contributed by atoms with E-state index >= 15 is 0 Å². The van der Waals surface area contributed by atoms with Crippen molar-refractivity contribution in [3.8, 4) is 45.5 Å². The van der Waals surface area contributed by atoms with E-state index in [2.05, 4.69) is 36.8 Å². The van der Waals surface area contributed by atoms with E-state index in [4.69, 9.17) is 24.2 Å². The molecule has 0 spiro atoms. The van der Waals surface area contributed by atoms with Crippen molar-refractivity contribution in [1.82, 2.24) is 19.5 Å². The molecule has 42 heavy (non-hydrogen) atoms. The van der Waals surface area contributed by atoms with Crippen LogP contribution in [0, 0.1) is 0 Å². The highest BCUT2D eigenvalue weighted by molar-refractivity contribution is 9.10. The molecule has 0 unspecified atom stereocenters. The summed E-state index contributed by atoms with van der Waals surface area (Å²) in [6, 6.07) is 17.8. The van der Waals surface area contributed by atoms with Crippen LogP contribution in [0.25, 0.3) is 28.2 Å². The molecule has 12 heteroatoms. The summed E-state index contributed by atoms with van der Waals surface area (Å²) in [5, 5.41) is 5.53. The topological polar surface area (TPSA) is 74.5 Å². The van der Waals surface area contributed by atoms with Gasteiger partial charge in [0.15, 0.2) is 10.3 Å². The maximum absolute atomic E-state index is 5.81. The minimum absolute atomic E-state index is 0.686. The van der Waals surface area contributed by atoms with E-state index in [-0.39, 0.29) is 0 Å². The van der Waals surface area contributed by atoms with Crippen molar-refractivity contribution in [2.45, 2.75) is 0 Å². The van der Waals surface area contributed by atoms with Gasteiger partial charge in [-0.25, -0.2) is 15.0 Å². The number of hydrogen-bond donors (Lipinski definition) is 0. The van der Waals surface area contributed by atoms with Crippen molar-refractivity contribution >= 4 is 70.5 Å². The predicted octanol–water partition coefficient (Wildman–Crippen LogP) is 9.14. The second-order valence-corrected chi connectivity index (χ2v) is 12.4. The zero-order chi connectivity index (χ0) is 29.2. The highest BCUT2D eigenvalue weighted by atomic mass is 79.9. The Kier molecular flexibility index (Phi) is 8.29. The number of anilines is 3. The average Bonchev–Trinajstić information content (AvgIpc) is 3.80. The number of rotatable bonds is 9. The first-order chi connectivity index (χ1) is 20.5. The van der Waals surface area contributed by atoms with Crippen LogP contribution in [0.4, 0.5) is 16.0 Å². The number of methoxy groups -OCH3 is 3. The Morgan fingerprint density at radius 3 is 1.79 bits per heavy atom. The Balaban J connectivity index is 1.49. The molecular weight excluding hydrogens is 702 g/mol. The molecule has 8 nitrogen and oxygen atoms in total. The highest BCUT2D eigenvalue weighted by Crippen LogP contribution is 2.44. The molecule has 0 bridgehead atoms. The molecule has 0 aliphatic rings. The normalized spacial score (nSPS) is 11.0. The van der Waals surface area contributed by atoms with E-state index in [1.165, 1.54) is 22.7 Å². The van der Waals surface area contributed by atoms with Gasteiger partial charge in [-0.3, -0.25) is 4.90 Å². The van der Waals surface area contributed by atoms with Gasteiger partial charge >= 0.3 is 0 Å². The largest absolute Gasteiger partial charge is 0.496 e. The molecule has 3 heterocycles. The lowest BCUT2D eigenvalue weighted by molar-refractivity contribution is 0.413. The quantitative estimate of drug-likeness (QED) is 0.147. The van der Waals surface area contributed by atoms with E-state index in [1.807, 2.05) is 81.0 Å². The predicted molar refractivity (Wildman–Crippen MR) is 176 cm³/mol. The molecule has 212 valence electrons. The van der Waals surface area contributed by atoms with Crippen LogP contribution in [-0.4, -0.2) is 40.8 Å². The molecule has 0 aliphatic heterocycles. The summed E-state index contributed by atoms with van der Waals surface area (Å²) in [5.74, 6) is 2.17. The number of benzene rings is 3. The SMILES string of the molecule is COc1ccc(Br)cc1-c1csc(N(c2ccc(-n3ccnc3)c(OC)c2)c2nc(-c3cc(Br)ccc3OC)cs2)n1. The fourth-order valence-electron chi connectivity index (χ4n) is 4.47. The van der Waals surface area contributed by atoms with E-state index in [0.717, 1.165) is 64.6 Å². The van der Waals surface area contributed by atoms with Crippen LogP contribution in [0.1, 0.15) is 0 Å². The Morgan fingerprint density at radius 1 is 0.714 bits per heavy atom. The van der Waals surface area contributed by atoms with Gasteiger partial charge in [-0.05, 0) is 48.5 Å². The molecule has 0 aliphatic carbocycles. The van der Waals surface area contributed by atoms with Crippen LogP contribution < -0.4 is 19.1 Å². The van der Waals surface area contributed by atoms with Gasteiger partial charge < -0.3 is 18.8 Å². The van der Waals surface area contributed by atoms with Gasteiger partial charge in [-0.15, -0.1) is 22.7 Å². The standard InChI is InChI=1S/C30H23Br2N5O3S2/c1-38-26-8-4-18(31)12-21(26)23-15-41-29(34-23)37(20-6-7-25(28(14-20)40-3)36-11-10-33-17-36)30-35-24(16-42-30)22-13-19(32)5-9-27(22)39-2/h4-17H,1-3H3. The van der Waals surface area contributed by atoms with Crippen molar-refractivity contribution in [3.05, 3.63) is 93.0 Å². The monoisotopic (exact) mass is 723 g/mol. The molecule has 0 amide bonds. The Bertz CT molecular complexity index is 1760. The minimum atomic E-state index is 0.686. The van der Waals surface area contributed by atoms with Crippen molar-refractivity contribution < 1.29 is 14.2 Å². The lowest BCUT2D eigenvalue weighted by Crippen LogP contribution is -2.10. The van der Waals surface area contributed by atoms with Gasteiger partial charge in [0.2, 0.25) is 0 Å². The number of hydrogen-bond acceptors (Lipinski definition) is 9. The third kappa shape index (κ3) is 5.54. The fraction of sp³-hybridized carbons (Fsp3) is 0.100. The Morgan fingerprint density at radius 2 is 1.29 bits per heavy atom. The number of aromatic nitrogens is 4. The summed E-state index contributed by atoms with van der Waals surface area (Å²) in [6.45, 7) is 0.